The van der Waals surface area contributed by atoms with Gasteiger partial charge in [-0.05, 0) is 30.7 Å². The number of halogens is 3. The van der Waals surface area contributed by atoms with Crippen LogP contribution in [-0.2, 0) is 10.9 Å². The Bertz CT molecular complexity index is 1250. The molecule has 4 heterocycles. The Balaban J connectivity index is 1.35. The van der Waals surface area contributed by atoms with E-state index in [4.69, 9.17) is 4.74 Å². The minimum Gasteiger partial charge on any atom is -0.391 e. The summed E-state index contributed by atoms with van der Waals surface area (Å²) in [6.45, 7) is 3.49. The first kappa shape index (κ1) is 25.3. The molecule has 2 N–H and O–H groups in total. The van der Waals surface area contributed by atoms with Crippen LogP contribution in [0.3, 0.4) is 0 Å². The Labute approximate surface area is 211 Å². The van der Waals surface area contributed by atoms with Gasteiger partial charge in [-0.15, -0.1) is 0 Å². The second kappa shape index (κ2) is 10.6. The monoisotopic (exact) mass is 516 g/mol. The number of nitrogens with one attached hydrogen (secondary N) is 1. The number of pyridine rings is 1. The van der Waals surface area contributed by atoms with Crippen LogP contribution in [0.2, 0.25) is 0 Å². The highest BCUT2D eigenvalue weighted by molar-refractivity contribution is 6.06. The van der Waals surface area contributed by atoms with E-state index >= 15 is 0 Å². The number of carbonyl (C=O) groups is 1. The summed E-state index contributed by atoms with van der Waals surface area (Å²) < 4.78 is 44.3. The summed E-state index contributed by atoms with van der Waals surface area (Å²) in [5, 5.41) is 13.5. The van der Waals surface area contributed by atoms with E-state index in [-0.39, 0.29) is 18.6 Å². The highest BCUT2D eigenvalue weighted by atomic mass is 19.4. The van der Waals surface area contributed by atoms with Crippen LogP contribution in [0, 0.1) is 0 Å². The van der Waals surface area contributed by atoms with Gasteiger partial charge in [-0.2, -0.15) is 13.2 Å². The van der Waals surface area contributed by atoms with Gasteiger partial charge in [-0.1, -0.05) is 6.07 Å². The molecular weight excluding hydrogens is 489 g/mol. The lowest BCUT2D eigenvalue weighted by molar-refractivity contribution is -0.145. The highest BCUT2D eigenvalue weighted by Gasteiger charge is 2.35. The molecule has 9 nitrogen and oxygen atoms in total. The lowest BCUT2D eigenvalue weighted by Gasteiger charge is -2.34. The van der Waals surface area contributed by atoms with Crippen molar-refractivity contribution < 1.29 is 27.8 Å². The Kier molecular flexibility index (Phi) is 7.22. The van der Waals surface area contributed by atoms with E-state index in [0.717, 1.165) is 12.4 Å². The zero-order valence-electron chi connectivity index (χ0n) is 20.0. The molecule has 2 aliphatic rings. The standard InChI is InChI=1S/C25H27F3N6O3/c26-25(27,28)24-30-12-16(13-31-24)21(33-8-10-37-11-9-33)14-29-23(36)19-2-1-3-20-18(19)4-5-22(32-20)34-7-6-17(35)15-34/h1-5,12-13,17,21,35H,6-11,14-15H2,(H,29,36). The Morgan fingerprint density at radius 2 is 1.89 bits per heavy atom. The second-order valence-corrected chi connectivity index (χ2v) is 9.14. The molecule has 12 heteroatoms. The van der Waals surface area contributed by atoms with Crippen LogP contribution in [0.4, 0.5) is 19.0 Å². The summed E-state index contributed by atoms with van der Waals surface area (Å²) in [7, 11) is 0. The molecule has 2 fully saturated rings. The average Bonchev–Trinajstić information content (AvgIpc) is 3.34. The number of benzene rings is 1. The lowest BCUT2D eigenvalue weighted by atomic mass is 10.1. The molecule has 0 bridgehead atoms. The van der Waals surface area contributed by atoms with E-state index in [9.17, 15) is 23.1 Å². The van der Waals surface area contributed by atoms with Gasteiger partial charge in [0.15, 0.2) is 0 Å². The van der Waals surface area contributed by atoms with E-state index in [0.29, 0.717) is 61.3 Å². The number of ether oxygens (including phenoxy) is 1. The third-order valence-corrected chi connectivity index (χ3v) is 6.70. The largest absolute Gasteiger partial charge is 0.451 e. The van der Waals surface area contributed by atoms with Gasteiger partial charge < -0.3 is 20.1 Å². The summed E-state index contributed by atoms with van der Waals surface area (Å²) in [6, 6.07) is 8.57. The summed E-state index contributed by atoms with van der Waals surface area (Å²) in [5.74, 6) is -0.772. The number of carbonyl (C=O) groups excluding carboxylic acids is 1. The SMILES string of the molecule is O=C(NCC(c1cnc(C(F)(F)F)nc1)N1CCOCC1)c1cccc2nc(N3CCC(O)C3)ccc12. The number of aromatic nitrogens is 3. The number of aliphatic hydroxyl groups excluding tert-OH is 1. The normalized spacial score (nSPS) is 19.8. The Hall–Kier alpha value is -3.35. The molecule has 5 rings (SSSR count). The van der Waals surface area contributed by atoms with Gasteiger partial charge >= 0.3 is 6.18 Å². The molecular formula is C25H27F3N6O3. The van der Waals surface area contributed by atoms with Gasteiger partial charge in [-0.25, -0.2) is 15.0 Å². The van der Waals surface area contributed by atoms with Crippen molar-refractivity contribution in [3.8, 4) is 0 Å². The maximum atomic E-state index is 13.2. The van der Waals surface area contributed by atoms with Gasteiger partial charge in [0.25, 0.3) is 5.91 Å². The number of alkyl halides is 3. The van der Waals surface area contributed by atoms with Crippen molar-refractivity contribution in [2.45, 2.75) is 24.7 Å². The number of morpholine rings is 1. The molecule has 2 atom stereocenters. The predicted molar refractivity (Wildman–Crippen MR) is 129 cm³/mol. The fourth-order valence-corrected chi connectivity index (χ4v) is 4.76. The van der Waals surface area contributed by atoms with Crippen LogP contribution in [0.5, 0.6) is 0 Å². The van der Waals surface area contributed by atoms with Crippen LogP contribution < -0.4 is 10.2 Å². The van der Waals surface area contributed by atoms with E-state index in [1.165, 1.54) is 12.4 Å². The smallest absolute Gasteiger partial charge is 0.391 e. The average molecular weight is 517 g/mol. The number of hydrogen-bond donors (Lipinski definition) is 2. The molecule has 3 aromatic rings. The molecule has 0 saturated carbocycles. The third kappa shape index (κ3) is 5.65. The highest BCUT2D eigenvalue weighted by Crippen LogP contribution is 2.28. The van der Waals surface area contributed by atoms with Gasteiger partial charge in [0.2, 0.25) is 5.82 Å². The molecule has 0 aliphatic carbocycles. The molecule has 2 saturated heterocycles. The molecule has 1 amide bonds. The van der Waals surface area contributed by atoms with E-state index in [2.05, 4.69) is 20.3 Å². The van der Waals surface area contributed by atoms with Crippen molar-refractivity contribution in [1.29, 1.82) is 0 Å². The summed E-state index contributed by atoms with van der Waals surface area (Å²) in [5.41, 5.74) is 1.59. The van der Waals surface area contributed by atoms with E-state index < -0.39 is 18.0 Å². The minimum absolute atomic E-state index is 0.154. The predicted octanol–water partition coefficient (Wildman–Crippen LogP) is 2.42. The molecule has 196 valence electrons. The fourth-order valence-electron chi connectivity index (χ4n) is 4.76. The summed E-state index contributed by atoms with van der Waals surface area (Å²) >= 11 is 0. The summed E-state index contributed by atoms with van der Waals surface area (Å²) in [6.07, 6.45) is -1.97. The topological polar surface area (TPSA) is 104 Å². The van der Waals surface area contributed by atoms with Gasteiger partial charge in [0, 0.05) is 61.6 Å². The van der Waals surface area contributed by atoms with Crippen molar-refractivity contribution in [1.82, 2.24) is 25.2 Å². The number of rotatable bonds is 6. The van der Waals surface area contributed by atoms with Crippen molar-refractivity contribution in [3.05, 3.63) is 59.7 Å². The number of hydrogen-bond acceptors (Lipinski definition) is 8. The number of fused-ring (bicyclic) bond motifs is 1. The van der Waals surface area contributed by atoms with Crippen LogP contribution in [-0.4, -0.2) is 82.9 Å². The quantitative estimate of drug-likeness (QED) is 0.515. The number of amides is 1. The van der Waals surface area contributed by atoms with Crippen molar-refractivity contribution >= 4 is 22.6 Å². The minimum atomic E-state index is -4.63. The van der Waals surface area contributed by atoms with E-state index in [1.54, 1.807) is 12.1 Å². The number of anilines is 1. The first-order valence-corrected chi connectivity index (χ1v) is 12.1. The molecule has 2 unspecified atom stereocenters. The Morgan fingerprint density at radius 1 is 1.14 bits per heavy atom. The Morgan fingerprint density at radius 3 is 2.57 bits per heavy atom. The zero-order valence-corrected chi connectivity index (χ0v) is 20.0. The maximum absolute atomic E-state index is 13.2. The van der Waals surface area contributed by atoms with E-state index in [1.807, 2.05) is 28.0 Å². The lowest BCUT2D eigenvalue weighted by Crippen LogP contribution is -2.44. The zero-order chi connectivity index (χ0) is 26.0. The third-order valence-electron chi connectivity index (χ3n) is 6.70. The first-order valence-electron chi connectivity index (χ1n) is 12.1. The molecule has 0 spiro atoms. The molecule has 2 aliphatic heterocycles. The molecule has 1 aromatic carbocycles. The van der Waals surface area contributed by atoms with Crippen LogP contribution >= 0.6 is 0 Å². The van der Waals surface area contributed by atoms with Crippen LogP contribution in [0.15, 0.2) is 42.7 Å². The van der Waals surface area contributed by atoms with Gasteiger partial charge in [0.1, 0.15) is 5.82 Å². The van der Waals surface area contributed by atoms with Crippen molar-refractivity contribution in [3.63, 3.8) is 0 Å². The molecule has 2 aromatic heterocycles. The number of β-amino-alcohol motifs (C(OH)–C–C–N with tert-alkyl or cyclic N) is 1. The van der Waals surface area contributed by atoms with Crippen molar-refractivity contribution in [2.24, 2.45) is 0 Å². The second-order valence-electron chi connectivity index (χ2n) is 9.14. The van der Waals surface area contributed by atoms with Crippen LogP contribution in [0.25, 0.3) is 10.9 Å². The number of aliphatic hydroxyl groups is 1. The maximum Gasteiger partial charge on any atom is 0.451 e. The molecule has 37 heavy (non-hydrogen) atoms. The van der Waals surface area contributed by atoms with Gasteiger partial charge in [0.05, 0.1) is 30.9 Å². The number of nitrogens with zero attached hydrogens (tertiary/aromatic N) is 5. The van der Waals surface area contributed by atoms with Crippen molar-refractivity contribution in [2.75, 3.05) is 50.8 Å². The van der Waals surface area contributed by atoms with Gasteiger partial charge in [-0.3, -0.25) is 9.69 Å². The van der Waals surface area contributed by atoms with Crippen LogP contribution in [0.1, 0.15) is 34.2 Å². The fraction of sp³-hybridized carbons (Fsp3) is 0.440. The first-order chi connectivity index (χ1) is 17.8. The molecule has 0 radical (unpaired) electrons. The summed E-state index contributed by atoms with van der Waals surface area (Å²) in [4.78, 5) is 29.0.